The van der Waals surface area contributed by atoms with Crippen LogP contribution in [0.2, 0.25) is 0 Å². The number of rotatable bonds is 11. The summed E-state index contributed by atoms with van der Waals surface area (Å²) in [5, 5.41) is 23.6. The smallest absolute Gasteiger partial charge is 0.255 e. The van der Waals surface area contributed by atoms with Gasteiger partial charge in [-0.15, -0.1) is 5.10 Å². The molecular formula is C45H41N13O2. The van der Waals surface area contributed by atoms with E-state index in [0.717, 1.165) is 28.2 Å². The zero-order valence-corrected chi connectivity index (χ0v) is 32.7. The summed E-state index contributed by atoms with van der Waals surface area (Å²) in [6, 6.07) is 25.0. The van der Waals surface area contributed by atoms with Gasteiger partial charge in [-0.3, -0.25) is 19.6 Å². The van der Waals surface area contributed by atoms with Gasteiger partial charge in [0.25, 0.3) is 5.91 Å². The molecule has 4 fully saturated rings. The second-order valence-corrected chi connectivity index (χ2v) is 16.2. The fourth-order valence-corrected chi connectivity index (χ4v) is 7.54. The van der Waals surface area contributed by atoms with Crippen LogP contribution in [0.5, 0.6) is 0 Å². The summed E-state index contributed by atoms with van der Waals surface area (Å²) in [6.45, 7) is 0.0952. The van der Waals surface area contributed by atoms with Crippen LogP contribution in [-0.4, -0.2) is 66.3 Å². The first-order valence-corrected chi connectivity index (χ1v) is 20.7. The van der Waals surface area contributed by atoms with Crippen LogP contribution in [0.25, 0.3) is 33.7 Å². The number of carbonyl (C=O) groups is 2. The molecule has 0 atom stereocenters. The van der Waals surface area contributed by atoms with Crippen molar-refractivity contribution < 1.29 is 9.59 Å². The average molecular weight is 796 g/mol. The van der Waals surface area contributed by atoms with Gasteiger partial charge in [0, 0.05) is 53.0 Å². The number of aromatic nitrogens is 11. The highest BCUT2D eigenvalue weighted by Crippen LogP contribution is 2.46. The molecule has 2 amide bonds. The average Bonchev–Trinajstić information content (AvgIpc) is 4.06. The zero-order chi connectivity index (χ0) is 40.2. The first-order valence-electron chi connectivity index (χ1n) is 20.7. The Labute approximate surface area is 344 Å². The topological polar surface area (TPSA) is 176 Å². The Morgan fingerprint density at radius 3 is 1.75 bits per heavy atom. The number of carbonyl (C=O) groups excluding carboxylic acids is 2. The minimum Gasteiger partial charge on any atom is -0.323 e. The molecule has 0 saturated heterocycles. The van der Waals surface area contributed by atoms with Crippen LogP contribution < -0.4 is 10.6 Å². The van der Waals surface area contributed by atoms with Gasteiger partial charge in [-0.05, 0) is 118 Å². The Morgan fingerprint density at radius 2 is 1.17 bits per heavy atom. The molecule has 0 aliphatic heterocycles. The third kappa shape index (κ3) is 7.61. The molecule has 12 rings (SSSR count). The Morgan fingerprint density at radius 1 is 0.583 bits per heavy atom. The SMILES string of the molecule is O=C(Cn1nnc2ccccc21)Nc1ccc(-n2nc(C3CC3)cc2C2CC2)nc1.O=C(Nc1ccc(-n2nc(C3CC3)cc2C2CC2)nc1)c1ccc2nccnc2c1. The fraction of sp³-hybridized carbons (Fsp3) is 0.289. The van der Waals surface area contributed by atoms with E-state index in [0.29, 0.717) is 46.1 Å². The summed E-state index contributed by atoms with van der Waals surface area (Å²) in [5.41, 5.74) is 9.79. The van der Waals surface area contributed by atoms with Crippen LogP contribution in [-0.2, 0) is 11.3 Å². The number of amides is 2. The molecule has 15 heteroatoms. The predicted molar refractivity (Wildman–Crippen MR) is 224 cm³/mol. The summed E-state index contributed by atoms with van der Waals surface area (Å²) in [5.74, 6) is 3.65. The Balaban J connectivity index is 0.000000136. The van der Waals surface area contributed by atoms with Crippen molar-refractivity contribution in [1.29, 1.82) is 0 Å². The maximum absolute atomic E-state index is 12.6. The van der Waals surface area contributed by atoms with Crippen molar-refractivity contribution in [1.82, 2.24) is 54.5 Å². The molecule has 4 saturated carbocycles. The number of anilines is 2. The largest absolute Gasteiger partial charge is 0.323 e. The van der Waals surface area contributed by atoms with E-state index >= 15 is 0 Å². The highest BCUT2D eigenvalue weighted by Gasteiger charge is 2.34. The summed E-state index contributed by atoms with van der Waals surface area (Å²) in [4.78, 5) is 42.7. The van der Waals surface area contributed by atoms with Crippen LogP contribution in [0.4, 0.5) is 11.4 Å². The second-order valence-electron chi connectivity index (χ2n) is 16.2. The number of para-hydroxylation sites is 1. The molecule has 6 aromatic heterocycles. The summed E-state index contributed by atoms with van der Waals surface area (Å²) in [7, 11) is 0. The van der Waals surface area contributed by atoms with Gasteiger partial charge < -0.3 is 10.6 Å². The maximum atomic E-state index is 12.6. The van der Waals surface area contributed by atoms with E-state index in [-0.39, 0.29) is 18.4 Å². The summed E-state index contributed by atoms with van der Waals surface area (Å²) < 4.78 is 5.56. The molecular weight excluding hydrogens is 755 g/mol. The third-order valence-electron chi connectivity index (χ3n) is 11.4. The van der Waals surface area contributed by atoms with Gasteiger partial charge in [0.05, 0.1) is 51.7 Å². The Hall–Kier alpha value is -7.16. The predicted octanol–water partition coefficient (Wildman–Crippen LogP) is 7.62. The monoisotopic (exact) mass is 795 g/mol. The maximum Gasteiger partial charge on any atom is 0.255 e. The number of hydrogen-bond donors (Lipinski definition) is 2. The second kappa shape index (κ2) is 14.9. The Kier molecular flexibility index (Phi) is 8.93. The quantitative estimate of drug-likeness (QED) is 0.132. The molecule has 298 valence electrons. The van der Waals surface area contributed by atoms with Crippen molar-refractivity contribution in [3.63, 3.8) is 0 Å². The van der Waals surface area contributed by atoms with E-state index in [2.05, 4.69) is 53.0 Å². The third-order valence-corrected chi connectivity index (χ3v) is 11.4. The van der Waals surface area contributed by atoms with Crippen LogP contribution in [0, 0.1) is 0 Å². The molecule has 2 aromatic carbocycles. The van der Waals surface area contributed by atoms with E-state index in [4.69, 9.17) is 10.2 Å². The number of pyridine rings is 2. The molecule has 0 spiro atoms. The standard InChI is InChI=1S/C23H20N6O.C22H21N7O/c30-23(16-5-7-18-20(11-16)25-10-9-24-18)27-17-6-8-22(26-13-17)29-21(15-3-4-15)12-19(28-29)14-1-2-14;30-22(13-28-19-4-2-1-3-17(19)25-27-28)24-16-9-10-21(23-12-16)29-20(15-7-8-15)11-18(26-29)14-5-6-14/h5-15H,1-4H2,(H,27,30);1-4,9-12,14-15H,5-8,13H2,(H,24,30). The van der Waals surface area contributed by atoms with Crippen molar-refractivity contribution in [2.45, 2.75) is 81.6 Å². The van der Waals surface area contributed by atoms with Gasteiger partial charge in [0.2, 0.25) is 5.91 Å². The molecule has 0 bridgehead atoms. The first-order chi connectivity index (χ1) is 29.5. The summed E-state index contributed by atoms with van der Waals surface area (Å²) in [6.07, 6.45) is 16.5. The van der Waals surface area contributed by atoms with E-state index in [9.17, 15) is 9.59 Å². The lowest BCUT2D eigenvalue weighted by Crippen LogP contribution is -2.19. The van der Waals surface area contributed by atoms with E-state index in [1.54, 1.807) is 47.7 Å². The number of nitrogens with one attached hydrogen (secondary N) is 2. The van der Waals surface area contributed by atoms with Crippen molar-refractivity contribution in [3.05, 3.63) is 132 Å². The normalized spacial score (nSPS) is 16.1. The first kappa shape index (κ1) is 36.0. The number of fused-ring (bicyclic) bond motifs is 2. The minimum atomic E-state index is -0.203. The molecule has 0 radical (unpaired) electrons. The van der Waals surface area contributed by atoms with Crippen molar-refractivity contribution >= 4 is 45.3 Å². The van der Waals surface area contributed by atoms with E-state index < -0.39 is 0 Å². The highest BCUT2D eigenvalue weighted by molar-refractivity contribution is 6.05. The van der Waals surface area contributed by atoms with Gasteiger partial charge in [-0.1, -0.05) is 17.3 Å². The molecule has 4 aliphatic rings. The Bertz CT molecular complexity index is 2880. The highest BCUT2D eigenvalue weighted by atomic mass is 16.2. The van der Waals surface area contributed by atoms with E-state index in [1.165, 1.54) is 74.1 Å². The fourth-order valence-electron chi connectivity index (χ4n) is 7.54. The molecule has 0 unspecified atom stereocenters. The molecule has 8 aromatic rings. The lowest BCUT2D eigenvalue weighted by molar-refractivity contribution is -0.116. The zero-order valence-electron chi connectivity index (χ0n) is 32.7. The molecule has 15 nitrogen and oxygen atoms in total. The van der Waals surface area contributed by atoms with Gasteiger partial charge in [-0.2, -0.15) is 10.2 Å². The van der Waals surface area contributed by atoms with Gasteiger partial charge >= 0.3 is 0 Å². The van der Waals surface area contributed by atoms with Crippen molar-refractivity contribution in [2.75, 3.05) is 10.6 Å². The lowest BCUT2D eigenvalue weighted by Gasteiger charge is -2.08. The molecule has 4 aliphatic carbocycles. The number of benzene rings is 2. The van der Waals surface area contributed by atoms with Gasteiger partial charge in [0.15, 0.2) is 11.6 Å². The number of nitrogens with zero attached hydrogens (tertiary/aromatic N) is 11. The van der Waals surface area contributed by atoms with Crippen LogP contribution in [0.1, 0.15) is 108 Å². The van der Waals surface area contributed by atoms with Crippen LogP contribution in [0.15, 0.2) is 104 Å². The lowest BCUT2D eigenvalue weighted by atomic mass is 10.2. The number of hydrogen-bond acceptors (Lipinski definition) is 10. The van der Waals surface area contributed by atoms with Crippen molar-refractivity contribution in [2.24, 2.45) is 0 Å². The molecule has 60 heavy (non-hydrogen) atoms. The van der Waals surface area contributed by atoms with Crippen LogP contribution >= 0.6 is 0 Å². The molecule has 2 N–H and O–H groups in total. The van der Waals surface area contributed by atoms with Crippen LogP contribution in [0.3, 0.4) is 0 Å². The molecule has 6 heterocycles. The minimum absolute atomic E-state index is 0.0952. The van der Waals surface area contributed by atoms with E-state index in [1.807, 2.05) is 57.9 Å². The van der Waals surface area contributed by atoms with Gasteiger partial charge in [0.1, 0.15) is 12.1 Å². The van der Waals surface area contributed by atoms with Gasteiger partial charge in [-0.25, -0.2) is 24.0 Å². The van der Waals surface area contributed by atoms with Crippen molar-refractivity contribution in [3.8, 4) is 11.6 Å². The summed E-state index contributed by atoms with van der Waals surface area (Å²) >= 11 is 0.